The summed E-state index contributed by atoms with van der Waals surface area (Å²) in [6.07, 6.45) is 0.558. The lowest BCUT2D eigenvalue weighted by Crippen LogP contribution is -2.50. The summed E-state index contributed by atoms with van der Waals surface area (Å²) >= 11 is 1.59. The van der Waals surface area contributed by atoms with E-state index in [0.717, 1.165) is 17.1 Å². The predicted molar refractivity (Wildman–Crippen MR) is 133 cm³/mol. The van der Waals surface area contributed by atoms with Crippen LogP contribution in [0.1, 0.15) is 49.4 Å². The Morgan fingerprint density at radius 3 is 2.19 bits per heavy atom. The Bertz CT molecular complexity index is 876. The summed E-state index contributed by atoms with van der Waals surface area (Å²) < 4.78 is 5.24. The Morgan fingerprint density at radius 1 is 1.03 bits per heavy atom. The second-order valence-corrected chi connectivity index (χ2v) is 9.43. The molecule has 0 aliphatic heterocycles. The van der Waals surface area contributed by atoms with Crippen LogP contribution in [0.15, 0.2) is 42.5 Å². The second kappa shape index (κ2) is 12.5. The number of amides is 2. The number of benzene rings is 2. The van der Waals surface area contributed by atoms with Crippen LogP contribution in [0.3, 0.4) is 0 Å². The van der Waals surface area contributed by atoms with Gasteiger partial charge >= 0.3 is 0 Å². The molecule has 0 saturated heterocycles. The highest BCUT2D eigenvalue weighted by atomic mass is 32.2. The van der Waals surface area contributed by atoms with E-state index in [1.165, 1.54) is 16.7 Å². The molecule has 0 aromatic heterocycles. The first-order valence-electron chi connectivity index (χ1n) is 11.1. The van der Waals surface area contributed by atoms with Gasteiger partial charge in [-0.25, -0.2) is 0 Å². The lowest BCUT2D eigenvalue weighted by atomic mass is 10.1. The van der Waals surface area contributed by atoms with Gasteiger partial charge in [-0.1, -0.05) is 48.4 Å². The predicted octanol–water partition coefficient (Wildman–Crippen LogP) is 4.88. The molecule has 0 bridgehead atoms. The Hall–Kier alpha value is -2.47. The first kappa shape index (κ1) is 25.8. The maximum atomic E-state index is 13.3. The highest BCUT2D eigenvalue weighted by Gasteiger charge is 2.28. The van der Waals surface area contributed by atoms with Gasteiger partial charge in [-0.3, -0.25) is 9.59 Å². The number of carbonyl (C=O) groups is 2. The number of methoxy groups -OCH3 is 1. The van der Waals surface area contributed by atoms with E-state index in [-0.39, 0.29) is 17.9 Å². The van der Waals surface area contributed by atoms with Crippen LogP contribution in [0.5, 0.6) is 5.75 Å². The molecule has 0 aliphatic rings. The molecule has 0 radical (unpaired) electrons. The third-order valence-corrected chi connectivity index (χ3v) is 6.09. The molecule has 0 spiro atoms. The minimum Gasteiger partial charge on any atom is -0.497 e. The number of nitrogens with one attached hydrogen (secondary N) is 1. The van der Waals surface area contributed by atoms with Crippen LogP contribution >= 0.6 is 11.8 Å². The minimum absolute atomic E-state index is 0.0217. The number of rotatable bonds is 11. The standard InChI is InChI=1S/C26H36N2O3S/c1-7-24(26(30)27-18(2)3)28(15-21-8-10-23(31-6)11-9-21)25(29)17-32-16-22-13-19(4)12-20(5)14-22/h8-14,18,24H,7,15-17H2,1-6H3,(H,27,30)/t24-/m0/s1. The van der Waals surface area contributed by atoms with Crippen LogP contribution in [0.25, 0.3) is 0 Å². The molecule has 2 aromatic rings. The molecule has 1 atom stereocenters. The van der Waals surface area contributed by atoms with Crippen molar-refractivity contribution < 1.29 is 14.3 Å². The molecule has 0 unspecified atom stereocenters. The smallest absolute Gasteiger partial charge is 0.243 e. The number of aryl methyl sites for hydroxylation is 2. The summed E-state index contributed by atoms with van der Waals surface area (Å²) in [7, 11) is 1.63. The van der Waals surface area contributed by atoms with Crippen molar-refractivity contribution in [3.8, 4) is 5.75 Å². The van der Waals surface area contributed by atoms with E-state index in [4.69, 9.17) is 4.74 Å². The zero-order valence-electron chi connectivity index (χ0n) is 20.1. The van der Waals surface area contributed by atoms with E-state index >= 15 is 0 Å². The highest BCUT2D eigenvalue weighted by Crippen LogP contribution is 2.20. The fourth-order valence-corrected chi connectivity index (χ4v) is 4.56. The quantitative estimate of drug-likeness (QED) is 0.524. The van der Waals surface area contributed by atoms with Gasteiger partial charge in [-0.05, 0) is 57.4 Å². The van der Waals surface area contributed by atoms with Crippen molar-refractivity contribution in [2.75, 3.05) is 12.9 Å². The number of ether oxygens (including phenoxy) is 1. The normalized spacial score (nSPS) is 11.8. The fraction of sp³-hybridized carbons (Fsp3) is 0.462. The molecule has 2 amide bonds. The van der Waals surface area contributed by atoms with Gasteiger partial charge in [0.15, 0.2) is 0 Å². The SMILES string of the molecule is CC[C@@H](C(=O)NC(C)C)N(Cc1ccc(OC)cc1)C(=O)CSCc1cc(C)cc(C)c1. The van der Waals surface area contributed by atoms with Gasteiger partial charge in [0.2, 0.25) is 11.8 Å². The van der Waals surface area contributed by atoms with E-state index in [2.05, 4.69) is 37.4 Å². The Labute approximate surface area is 196 Å². The van der Waals surface area contributed by atoms with E-state index in [0.29, 0.717) is 18.7 Å². The lowest BCUT2D eigenvalue weighted by Gasteiger charge is -2.31. The summed E-state index contributed by atoms with van der Waals surface area (Å²) in [5.74, 6) is 1.72. The second-order valence-electron chi connectivity index (χ2n) is 8.45. The lowest BCUT2D eigenvalue weighted by molar-refractivity contribution is -0.139. The Morgan fingerprint density at radius 2 is 1.66 bits per heavy atom. The molecule has 6 heteroatoms. The minimum atomic E-state index is -0.506. The molecular formula is C26H36N2O3S. The zero-order chi connectivity index (χ0) is 23.7. The third-order valence-electron chi connectivity index (χ3n) is 5.10. The monoisotopic (exact) mass is 456 g/mol. The number of hydrogen-bond acceptors (Lipinski definition) is 4. The number of hydrogen-bond donors (Lipinski definition) is 1. The molecule has 5 nitrogen and oxygen atoms in total. The molecule has 174 valence electrons. The Kier molecular flexibility index (Phi) is 10.1. The summed E-state index contributed by atoms with van der Waals surface area (Å²) in [6, 6.07) is 13.6. The van der Waals surface area contributed by atoms with Crippen LogP contribution in [0.4, 0.5) is 0 Å². The van der Waals surface area contributed by atoms with Crippen molar-refractivity contribution in [1.82, 2.24) is 10.2 Å². The van der Waals surface area contributed by atoms with E-state index in [1.807, 2.05) is 45.0 Å². The Balaban J connectivity index is 2.14. The van der Waals surface area contributed by atoms with Crippen molar-refractivity contribution in [3.63, 3.8) is 0 Å². The molecule has 0 saturated carbocycles. The van der Waals surface area contributed by atoms with Gasteiger partial charge in [0.05, 0.1) is 12.9 Å². The maximum absolute atomic E-state index is 13.3. The maximum Gasteiger partial charge on any atom is 0.243 e. The largest absolute Gasteiger partial charge is 0.497 e. The van der Waals surface area contributed by atoms with Gasteiger partial charge in [0.25, 0.3) is 0 Å². The molecule has 32 heavy (non-hydrogen) atoms. The molecule has 0 fully saturated rings. The van der Waals surface area contributed by atoms with Crippen molar-refractivity contribution in [1.29, 1.82) is 0 Å². The van der Waals surface area contributed by atoms with Crippen molar-refractivity contribution in [3.05, 3.63) is 64.7 Å². The summed E-state index contributed by atoms with van der Waals surface area (Å²) in [6.45, 7) is 10.4. The van der Waals surface area contributed by atoms with Crippen LogP contribution in [0.2, 0.25) is 0 Å². The first-order chi connectivity index (χ1) is 15.2. The van der Waals surface area contributed by atoms with Gasteiger partial charge in [-0.2, -0.15) is 0 Å². The molecule has 2 aromatic carbocycles. The van der Waals surface area contributed by atoms with E-state index in [1.54, 1.807) is 23.8 Å². The van der Waals surface area contributed by atoms with Crippen LogP contribution in [-0.4, -0.2) is 41.7 Å². The van der Waals surface area contributed by atoms with Gasteiger partial charge in [-0.15, -0.1) is 11.8 Å². The number of carbonyl (C=O) groups excluding carboxylic acids is 2. The molecule has 0 heterocycles. The number of nitrogens with zero attached hydrogens (tertiary/aromatic N) is 1. The van der Waals surface area contributed by atoms with Crippen LogP contribution in [-0.2, 0) is 21.9 Å². The average molecular weight is 457 g/mol. The van der Waals surface area contributed by atoms with Gasteiger partial charge in [0.1, 0.15) is 11.8 Å². The number of thioether (sulfide) groups is 1. The average Bonchev–Trinajstić information content (AvgIpc) is 2.72. The molecular weight excluding hydrogens is 420 g/mol. The van der Waals surface area contributed by atoms with Crippen molar-refractivity contribution in [2.24, 2.45) is 0 Å². The zero-order valence-corrected chi connectivity index (χ0v) is 20.9. The summed E-state index contributed by atoms with van der Waals surface area (Å²) in [5.41, 5.74) is 4.63. The van der Waals surface area contributed by atoms with E-state index in [9.17, 15) is 9.59 Å². The van der Waals surface area contributed by atoms with Crippen LogP contribution < -0.4 is 10.1 Å². The van der Waals surface area contributed by atoms with Crippen molar-refractivity contribution >= 4 is 23.6 Å². The van der Waals surface area contributed by atoms with Crippen molar-refractivity contribution in [2.45, 2.75) is 65.4 Å². The molecule has 2 rings (SSSR count). The molecule has 1 N–H and O–H groups in total. The van der Waals surface area contributed by atoms with Gasteiger partial charge in [0, 0.05) is 18.3 Å². The van der Waals surface area contributed by atoms with Crippen LogP contribution in [0, 0.1) is 13.8 Å². The van der Waals surface area contributed by atoms with E-state index < -0.39 is 6.04 Å². The summed E-state index contributed by atoms with van der Waals surface area (Å²) in [4.78, 5) is 27.9. The van der Waals surface area contributed by atoms with Gasteiger partial charge < -0.3 is 15.0 Å². The highest BCUT2D eigenvalue weighted by molar-refractivity contribution is 7.99. The first-order valence-corrected chi connectivity index (χ1v) is 12.3. The fourth-order valence-electron chi connectivity index (χ4n) is 3.72. The third kappa shape index (κ3) is 7.90. The molecule has 0 aliphatic carbocycles. The summed E-state index contributed by atoms with van der Waals surface area (Å²) in [5, 5.41) is 2.97. The topological polar surface area (TPSA) is 58.6 Å².